The molecule has 0 bridgehead atoms. The van der Waals surface area contributed by atoms with Crippen LogP contribution in [0.4, 0.5) is 5.69 Å². The van der Waals surface area contributed by atoms with Crippen molar-refractivity contribution in [1.82, 2.24) is 4.90 Å². The molecule has 0 spiro atoms. The highest BCUT2D eigenvalue weighted by atomic mass is 35.5. The SMILES string of the molecule is Cc1ccc(CCC2CCN(C(=O)Cc3ccc(N)cc3)CC2)cc1.Cl. The summed E-state index contributed by atoms with van der Waals surface area (Å²) >= 11 is 0. The van der Waals surface area contributed by atoms with E-state index in [0.29, 0.717) is 6.42 Å². The van der Waals surface area contributed by atoms with Gasteiger partial charge in [0, 0.05) is 18.8 Å². The van der Waals surface area contributed by atoms with Gasteiger partial charge in [0.2, 0.25) is 5.91 Å². The zero-order valence-electron chi connectivity index (χ0n) is 15.5. The minimum atomic E-state index is 0. The lowest BCUT2D eigenvalue weighted by Crippen LogP contribution is -2.39. The summed E-state index contributed by atoms with van der Waals surface area (Å²) in [5, 5.41) is 0. The monoisotopic (exact) mass is 372 g/mol. The summed E-state index contributed by atoms with van der Waals surface area (Å²) in [6.45, 7) is 3.92. The molecular formula is C22H29ClN2O. The van der Waals surface area contributed by atoms with Crippen LogP contribution >= 0.6 is 12.4 Å². The number of hydrogen-bond acceptors (Lipinski definition) is 2. The Morgan fingerprint density at radius 2 is 1.58 bits per heavy atom. The van der Waals surface area contributed by atoms with Crippen LogP contribution in [0.1, 0.15) is 36.0 Å². The quantitative estimate of drug-likeness (QED) is 0.790. The molecule has 0 atom stereocenters. The zero-order valence-corrected chi connectivity index (χ0v) is 16.3. The van der Waals surface area contributed by atoms with Gasteiger partial charge in [-0.05, 0) is 61.8 Å². The maximum absolute atomic E-state index is 12.5. The lowest BCUT2D eigenvalue weighted by atomic mass is 9.90. The van der Waals surface area contributed by atoms with E-state index < -0.39 is 0 Å². The van der Waals surface area contributed by atoms with Crippen molar-refractivity contribution in [3.05, 3.63) is 65.2 Å². The van der Waals surface area contributed by atoms with Crippen LogP contribution in [0.2, 0.25) is 0 Å². The molecule has 140 valence electrons. The second-order valence-corrected chi connectivity index (χ2v) is 7.27. The van der Waals surface area contributed by atoms with Crippen molar-refractivity contribution in [3.63, 3.8) is 0 Å². The van der Waals surface area contributed by atoms with E-state index in [9.17, 15) is 4.79 Å². The molecule has 3 nitrogen and oxygen atoms in total. The lowest BCUT2D eigenvalue weighted by molar-refractivity contribution is -0.131. The number of nitrogens with zero attached hydrogens (tertiary/aromatic N) is 1. The van der Waals surface area contributed by atoms with Crippen molar-refractivity contribution in [3.8, 4) is 0 Å². The molecule has 0 unspecified atom stereocenters. The highest BCUT2D eigenvalue weighted by molar-refractivity contribution is 5.85. The summed E-state index contributed by atoms with van der Waals surface area (Å²) in [5.74, 6) is 0.976. The van der Waals surface area contributed by atoms with Crippen LogP contribution in [0, 0.1) is 12.8 Å². The molecule has 1 saturated heterocycles. The van der Waals surface area contributed by atoms with Gasteiger partial charge in [0.1, 0.15) is 0 Å². The number of aryl methyl sites for hydroxylation is 2. The second kappa shape index (κ2) is 9.63. The number of carbonyl (C=O) groups excluding carboxylic acids is 1. The van der Waals surface area contributed by atoms with Gasteiger partial charge in [-0.2, -0.15) is 0 Å². The number of amides is 1. The van der Waals surface area contributed by atoms with Crippen molar-refractivity contribution >= 4 is 24.0 Å². The Hall–Kier alpha value is -2.00. The van der Waals surface area contributed by atoms with Crippen LogP contribution < -0.4 is 5.73 Å². The molecule has 1 heterocycles. The Morgan fingerprint density at radius 3 is 2.19 bits per heavy atom. The van der Waals surface area contributed by atoms with Gasteiger partial charge in [-0.1, -0.05) is 42.0 Å². The lowest BCUT2D eigenvalue weighted by Gasteiger charge is -2.32. The first-order valence-electron chi connectivity index (χ1n) is 9.28. The molecule has 2 aromatic carbocycles. The van der Waals surface area contributed by atoms with E-state index in [1.165, 1.54) is 17.5 Å². The third-order valence-electron chi connectivity index (χ3n) is 5.26. The molecule has 1 amide bonds. The summed E-state index contributed by atoms with van der Waals surface area (Å²) in [5.41, 5.74) is 10.2. The van der Waals surface area contributed by atoms with Gasteiger partial charge >= 0.3 is 0 Å². The number of nitrogen functional groups attached to an aromatic ring is 1. The number of benzene rings is 2. The minimum absolute atomic E-state index is 0. The third kappa shape index (κ3) is 5.77. The molecule has 1 aliphatic heterocycles. The first-order valence-corrected chi connectivity index (χ1v) is 9.28. The topological polar surface area (TPSA) is 46.3 Å². The highest BCUT2D eigenvalue weighted by Gasteiger charge is 2.22. The standard InChI is InChI=1S/C22H28N2O.ClH/c1-17-2-4-18(5-3-17)6-7-19-12-14-24(15-13-19)22(25)16-20-8-10-21(23)11-9-20;/h2-5,8-11,19H,6-7,12-16,23H2,1H3;1H. The normalized spacial score (nSPS) is 14.7. The maximum Gasteiger partial charge on any atom is 0.226 e. The molecule has 0 aromatic heterocycles. The summed E-state index contributed by atoms with van der Waals surface area (Å²) in [7, 11) is 0. The highest BCUT2D eigenvalue weighted by Crippen LogP contribution is 2.23. The Kier molecular flexibility index (Phi) is 7.52. The van der Waals surface area contributed by atoms with Gasteiger partial charge in [-0.3, -0.25) is 4.79 Å². The number of halogens is 1. The molecule has 0 radical (unpaired) electrons. The number of rotatable bonds is 5. The Bertz CT molecular complexity index is 689. The average molecular weight is 373 g/mol. The van der Waals surface area contributed by atoms with E-state index >= 15 is 0 Å². The smallest absolute Gasteiger partial charge is 0.226 e. The van der Waals surface area contributed by atoms with Gasteiger partial charge in [0.05, 0.1) is 6.42 Å². The molecule has 0 aliphatic carbocycles. The van der Waals surface area contributed by atoms with E-state index in [1.807, 2.05) is 29.2 Å². The minimum Gasteiger partial charge on any atom is -0.399 e. The molecule has 26 heavy (non-hydrogen) atoms. The van der Waals surface area contributed by atoms with Gasteiger partial charge in [-0.15, -0.1) is 12.4 Å². The van der Waals surface area contributed by atoms with E-state index in [-0.39, 0.29) is 18.3 Å². The predicted octanol–water partition coefficient (Wildman–Crippen LogP) is 4.41. The van der Waals surface area contributed by atoms with Crippen LogP contribution in [-0.4, -0.2) is 23.9 Å². The van der Waals surface area contributed by atoms with Crippen molar-refractivity contribution in [1.29, 1.82) is 0 Å². The number of anilines is 1. The van der Waals surface area contributed by atoms with Gasteiger partial charge < -0.3 is 10.6 Å². The van der Waals surface area contributed by atoms with E-state index in [4.69, 9.17) is 5.73 Å². The summed E-state index contributed by atoms with van der Waals surface area (Å²) < 4.78 is 0. The summed E-state index contributed by atoms with van der Waals surface area (Å²) in [6, 6.07) is 16.5. The Labute approximate surface area is 163 Å². The second-order valence-electron chi connectivity index (χ2n) is 7.27. The molecular weight excluding hydrogens is 344 g/mol. The molecule has 2 aromatic rings. The Balaban J connectivity index is 0.00000243. The molecule has 2 N–H and O–H groups in total. The number of piperidine rings is 1. The fourth-order valence-corrected chi connectivity index (χ4v) is 3.52. The third-order valence-corrected chi connectivity index (χ3v) is 5.26. The molecule has 4 heteroatoms. The van der Waals surface area contributed by atoms with Crippen molar-refractivity contribution in [2.75, 3.05) is 18.8 Å². The van der Waals surface area contributed by atoms with E-state index in [1.54, 1.807) is 0 Å². The fraction of sp³-hybridized carbons (Fsp3) is 0.409. The average Bonchev–Trinajstić information content (AvgIpc) is 2.63. The van der Waals surface area contributed by atoms with Crippen molar-refractivity contribution in [2.45, 2.75) is 39.0 Å². The summed E-state index contributed by atoms with van der Waals surface area (Å²) in [6.07, 6.45) is 5.10. The number of nitrogens with two attached hydrogens (primary N) is 1. The van der Waals surface area contributed by atoms with Crippen LogP contribution in [-0.2, 0) is 17.6 Å². The predicted molar refractivity (Wildman–Crippen MR) is 111 cm³/mol. The molecule has 0 saturated carbocycles. The summed E-state index contributed by atoms with van der Waals surface area (Å²) in [4.78, 5) is 14.5. The number of hydrogen-bond donors (Lipinski definition) is 1. The van der Waals surface area contributed by atoms with E-state index in [2.05, 4.69) is 31.2 Å². The van der Waals surface area contributed by atoms with Gasteiger partial charge in [0.15, 0.2) is 0 Å². The van der Waals surface area contributed by atoms with Crippen LogP contribution in [0.3, 0.4) is 0 Å². The fourth-order valence-electron chi connectivity index (χ4n) is 3.52. The maximum atomic E-state index is 12.5. The van der Waals surface area contributed by atoms with Crippen LogP contribution in [0.5, 0.6) is 0 Å². The first kappa shape index (κ1) is 20.3. The van der Waals surface area contributed by atoms with Gasteiger partial charge in [-0.25, -0.2) is 0 Å². The molecule has 1 fully saturated rings. The van der Waals surface area contributed by atoms with E-state index in [0.717, 1.165) is 49.5 Å². The molecule has 3 rings (SSSR count). The Morgan fingerprint density at radius 1 is 1.00 bits per heavy atom. The first-order chi connectivity index (χ1) is 12.1. The van der Waals surface area contributed by atoms with Gasteiger partial charge in [0.25, 0.3) is 0 Å². The largest absolute Gasteiger partial charge is 0.399 e. The van der Waals surface area contributed by atoms with Crippen molar-refractivity contribution in [2.24, 2.45) is 5.92 Å². The van der Waals surface area contributed by atoms with Crippen LogP contribution in [0.25, 0.3) is 0 Å². The van der Waals surface area contributed by atoms with Crippen LogP contribution in [0.15, 0.2) is 48.5 Å². The molecule has 1 aliphatic rings. The number of carbonyl (C=O) groups is 1. The van der Waals surface area contributed by atoms with Crippen molar-refractivity contribution < 1.29 is 4.79 Å². The number of likely N-dealkylation sites (tertiary alicyclic amines) is 1. The zero-order chi connectivity index (χ0) is 17.6.